The highest BCUT2D eigenvalue weighted by molar-refractivity contribution is 7.13. The van der Waals surface area contributed by atoms with Crippen LogP contribution in [0.4, 0.5) is 18.9 Å². The third-order valence-corrected chi connectivity index (χ3v) is 5.35. The van der Waals surface area contributed by atoms with Crippen LogP contribution in [0.15, 0.2) is 57.1 Å². The number of alkyl halides is 3. The van der Waals surface area contributed by atoms with Crippen LogP contribution in [-0.4, -0.2) is 15.5 Å². The number of nitrogens with zero attached hydrogens (tertiary/aromatic N) is 2. The Kier molecular flexibility index (Phi) is 4.94. The van der Waals surface area contributed by atoms with E-state index in [1.165, 1.54) is 22.0 Å². The van der Waals surface area contributed by atoms with Crippen molar-refractivity contribution in [2.75, 3.05) is 5.32 Å². The Morgan fingerprint density at radius 1 is 1.23 bits per heavy atom. The third-order valence-electron chi connectivity index (χ3n) is 4.41. The number of aromatic nitrogens is 2. The van der Waals surface area contributed by atoms with E-state index in [-0.39, 0.29) is 12.3 Å². The minimum Gasteiger partial charge on any atom is -0.408 e. The smallest absolute Gasteiger partial charge is 0.408 e. The lowest BCUT2D eigenvalue weighted by atomic mass is 10.1. The van der Waals surface area contributed by atoms with Crippen molar-refractivity contribution >= 4 is 34.0 Å². The number of hydrogen-bond acceptors (Lipinski definition) is 5. The summed E-state index contributed by atoms with van der Waals surface area (Å²) in [6, 6.07) is 9.74. The summed E-state index contributed by atoms with van der Waals surface area (Å²) >= 11 is 1.17. The highest BCUT2D eigenvalue weighted by atomic mass is 32.1. The Balaban J connectivity index is 1.47. The molecule has 2 heterocycles. The van der Waals surface area contributed by atoms with Crippen LogP contribution in [0.3, 0.4) is 0 Å². The summed E-state index contributed by atoms with van der Waals surface area (Å²) in [5.74, 6) is -0.855. The van der Waals surface area contributed by atoms with E-state index in [4.69, 9.17) is 4.42 Å². The molecule has 6 nitrogen and oxygen atoms in total. The molecule has 0 atom stereocenters. The fourth-order valence-electron chi connectivity index (χ4n) is 2.93. The number of nitrogens with one attached hydrogen (secondary N) is 1. The first-order chi connectivity index (χ1) is 14.2. The van der Waals surface area contributed by atoms with Crippen molar-refractivity contribution in [2.24, 2.45) is 7.05 Å². The molecular formula is C20H14F3N3O3S. The van der Waals surface area contributed by atoms with Crippen molar-refractivity contribution in [3.63, 3.8) is 0 Å². The van der Waals surface area contributed by atoms with E-state index in [1.54, 1.807) is 36.7 Å². The van der Waals surface area contributed by atoms with Crippen LogP contribution < -0.4 is 11.1 Å². The number of aryl methyl sites for hydroxylation is 1. The van der Waals surface area contributed by atoms with Gasteiger partial charge in [0.15, 0.2) is 5.58 Å². The number of amides is 1. The van der Waals surface area contributed by atoms with Gasteiger partial charge in [0.1, 0.15) is 5.01 Å². The average Bonchev–Trinajstić information content (AvgIpc) is 3.26. The quantitative estimate of drug-likeness (QED) is 0.516. The molecule has 1 amide bonds. The van der Waals surface area contributed by atoms with E-state index in [9.17, 15) is 22.8 Å². The van der Waals surface area contributed by atoms with Crippen molar-refractivity contribution < 1.29 is 22.4 Å². The number of rotatable bonds is 4. The molecule has 4 rings (SSSR count). The van der Waals surface area contributed by atoms with Crippen molar-refractivity contribution in [1.82, 2.24) is 9.55 Å². The van der Waals surface area contributed by atoms with Gasteiger partial charge in [-0.1, -0.05) is 12.1 Å². The first-order valence-corrected chi connectivity index (χ1v) is 9.60. The van der Waals surface area contributed by atoms with Gasteiger partial charge in [0.05, 0.1) is 23.2 Å². The monoisotopic (exact) mass is 433 g/mol. The zero-order valence-electron chi connectivity index (χ0n) is 15.5. The van der Waals surface area contributed by atoms with Crippen LogP contribution in [0.2, 0.25) is 0 Å². The second kappa shape index (κ2) is 7.45. The van der Waals surface area contributed by atoms with E-state index in [0.717, 1.165) is 12.1 Å². The molecule has 0 saturated heterocycles. The number of anilines is 1. The molecule has 1 N–H and O–H groups in total. The van der Waals surface area contributed by atoms with E-state index in [0.29, 0.717) is 33.1 Å². The molecule has 2 aromatic heterocycles. The Labute approximate surface area is 171 Å². The Hall–Kier alpha value is -3.40. The molecule has 2 aromatic carbocycles. The van der Waals surface area contributed by atoms with Gasteiger partial charge in [-0.3, -0.25) is 9.36 Å². The number of halogens is 3. The Morgan fingerprint density at radius 2 is 2.03 bits per heavy atom. The van der Waals surface area contributed by atoms with Crippen LogP contribution in [0.1, 0.15) is 11.3 Å². The Morgan fingerprint density at radius 3 is 2.80 bits per heavy atom. The SMILES string of the molecule is Cn1c(=O)oc2cc(NC(=O)Cc3csc(-c4cccc(C(F)(F)F)c4)n3)ccc21. The van der Waals surface area contributed by atoms with Crippen LogP contribution in [0.5, 0.6) is 0 Å². The highest BCUT2D eigenvalue weighted by Gasteiger charge is 2.30. The second-order valence-electron chi connectivity index (χ2n) is 6.56. The van der Waals surface area contributed by atoms with Crippen molar-refractivity contribution in [2.45, 2.75) is 12.6 Å². The summed E-state index contributed by atoms with van der Waals surface area (Å²) in [5, 5.41) is 4.73. The molecule has 0 aliphatic rings. The maximum atomic E-state index is 12.9. The molecule has 0 aliphatic heterocycles. The summed E-state index contributed by atoms with van der Waals surface area (Å²) in [7, 11) is 1.58. The lowest BCUT2D eigenvalue weighted by Gasteiger charge is -2.07. The number of benzene rings is 2. The molecule has 10 heteroatoms. The van der Waals surface area contributed by atoms with Crippen LogP contribution in [0, 0.1) is 0 Å². The summed E-state index contributed by atoms with van der Waals surface area (Å²) < 4.78 is 45.1. The summed E-state index contributed by atoms with van der Waals surface area (Å²) in [5.41, 5.74) is 1.43. The molecule has 0 fully saturated rings. The largest absolute Gasteiger partial charge is 0.419 e. The normalized spacial score (nSPS) is 11.7. The fourth-order valence-corrected chi connectivity index (χ4v) is 3.75. The van der Waals surface area contributed by atoms with Gasteiger partial charge in [-0.25, -0.2) is 9.78 Å². The van der Waals surface area contributed by atoms with E-state index >= 15 is 0 Å². The topological polar surface area (TPSA) is 77.1 Å². The summed E-state index contributed by atoms with van der Waals surface area (Å²) in [4.78, 5) is 28.2. The van der Waals surface area contributed by atoms with E-state index < -0.39 is 17.5 Å². The predicted octanol–water partition coefficient (Wildman–Crippen LogP) is 4.46. The van der Waals surface area contributed by atoms with Crippen LogP contribution in [0.25, 0.3) is 21.7 Å². The average molecular weight is 433 g/mol. The fraction of sp³-hybridized carbons (Fsp3) is 0.150. The molecule has 0 spiro atoms. The van der Waals surface area contributed by atoms with Gasteiger partial charge in [0, 0.05) is 29.7 Å². The predicted molar refractivity (Wildman–Crippen MR) is 106 cm³/mol. The summed E-state index contributed by atoms with van der Waals surface area (Å²) in [6.45, 7) is 0. The molecule has 154 valence electrons. The zero-order valence-corrected chi connectivity index (χ0v) is 16.3. The van der Waals surface area contributed by atoms with Gasteiger partial charge >= 0.3 is 11.9 Å². The standard InChI is InChI=1S/C20H14F3N3O3S/c1-26-15-6-5-13(8-16(15)29-19(26)28)24-17(27)9-14-10-30-18(25-14)11-3-2-4-12(7-11)20(21,22)23/h2-8,10H,9H2,1H3,(H,24,27). The first kappa shape index (κ1) is 19.9. The number of thiazole rings is 1. The maximum Gasteiger partial charge on any atom is 0.419 e. The van der Waals surface area contributed by atoms with E-state index in [1.807, 2.05) is 0 Å². The lowest BCUT2D eigenvalue weighted by Crippen LogP contribution is -2.14. The molecule has 0 unspecified atom stereocenters. The molecule has 0 radical (unpaired) electrons. The number of carbonyl (C=O) groups excluding carboxylic acids is 1. The lowest BCUT2D eigenvalue weighted by molar-refractivity contribution is -0.137. The number of fused-ring (bicyclic) bond motifs is 1. The molecule has 4 aromatic rings. The van der Waals surface area contributed by atoms with Crippen molar-refractivity contribution in [1.29, 1.82) is 0 Å². The third kappa shape index (κ3) is 3.99. The molecule has 0 saturated carbocycles. The summed E-state index contributed by atoms with van der Waals surface area (Å²) in [6.07, 6.45) is -4.48. The molecule has 0 bridgehead atoms. The molecular weight excluding hydrogens is 419 g/mol. The van der Waals surface area contributed by atoms with Gasteiger partial charge in [-0.2, -0.15) is 13.2 Å². The van der Waals surface area contributed by atoms with Gasteiger partial charge in [0.2, 0.25) is 5.91 Å². The minimum atomic E-state index is -4.44. The van der Waals surface area contributed by atoms with Gasteiger partial charge in [-0.05, 0) is 24.3 Å². The van der Waals surface area contributed by atoms with Crippen molar-refractivity contribution in [3.05, 3.63) is 69.7 Å². The number of hydrogen-bond donors (Lipinski definition) is 1. The minimum absolute atomic E-state index is 0.0494. The maximum absolute atomic E-state index is 12.9. The van der Waals surface area contributed by atoms with Crippen LogP contribution in [-0.2, 0) is 24.4 Å². The van der Waals surface area contributed by atoms with Gasteiger partial charge in [0.25, 0.3) is 0 Å². The zero-order chi connectivity index (χ0) is 21.5. The number of oxazole rings is 1. The van der Waals surface area contributed by atoms with Crippen molar-refractivity contribution in [3.8, 4) is 10.6 Å². The number of carbonyl (C=O) groups is 1. The Bertz CT molecular complexity index is 1300. The van der Waals surface area contributed by atoms with Crippen LogP contribution >= 0.6 is 11.3 Å². The first-order valence-electron chi connectivity index (χ1n) is 8.72. The molecule has 0 aliphatic carbocycles. The highest BCUT2D eigenvalue weighted by Crippen LogP contribution is 2.33. The molecule has 30 heavy (non-hydrogen) atoms. The second-order valence-corrected chi connectivity index (χ2v) is 7.42. The van der Waals surface area contributed by atoms with Gasteiger partial charge < -0.3 is 9.73 Å². The van der Waals surface area contributed by atoms with Gasteiger partial charge in [-0.15, -0.1) is 11.3 Å². The van der Waals surface area contributed by atoms with E-state index in [2.05, 4.69) is 10.3 Å².